The van der Waals surface area contributed by atoms with Crippen molar-refractivity contribution in [1.29, 1.82) is 0 Å². The lowest BCUT2D eigenvalue weighted by Gasteiger charge is -2.16. The standard InChI is InChI=1S/C26H23N5O3.C26H21N5O3/c2*1-2-33-26(32)21-15-22(34-31-21)24-29-20-13-8-12-19(17-9-4-3-5-10-17)23(20)25(30-24)28-16-18-11-6-7-14-27-18/h3-14,22H,2,15-16H2,1H3,(H,28,29,30);3-15H,2,16H2,1H3,(H,28,29,30). The summed E-state index contributed by atoms with van der Waals surface area (Å²) in [4.78, 5) is 57.5. The summed E-state index contributed by atoms with van der Waals surface area (Å²) in [5.74, 6) is 1.28. The van der Waals surface area contributed by atoms with E-state index in [-0.39, 0.29) is 36.8 Å². The van der Waals surface area contributed by atoms with Gasteiger partial charge in [0.25, 0.3) is 0 Å². The molecule has 5 aromatic heterocycles. The van der Waals surface area contributed by atoms with Crippen molar-refractivity contribution in [3.63, 3.8) is 0 Å². The molecule has 0 aliphatic carbocycles. The molecule has 2 N–H and O–H groups in total. The minimum atomic E-state index is -0.570. The minimum absolute atomic E-state index is 0.0709. The number of esters is 2. The monoisotopic (exact) mass is 904 g/mol. The molecule has 68 heavy (non-hydrogen) atoms. The van der Waals surface area contributed by atoms with Crippen LogP contribution in [0.25, 0.3) is 55.6 Å². The van der Waals surface area contributed by atoms with E-state index in [1.54, 1.807) is 26.2 Å². The second-order valence-corrected chi connectivity index (χ2v) is 15.2. The van der Waals surface area contributed by atoms with Crippen molar-refractivity contribution >= 4 is 51.1 Å². The second-order valence-electron chi connectivity index (χ2n) is 15.2. The van der Waals surface area contributed by atoms with E-state index in [1.165, 1.54) is 6.07 Å². The molecule has 0 saturated heterocycles. The molecule has 0 spiro atoms. The molecule has 16 nitrogen and oxygen atoms in total. The lowest BCUT2D eigenvalue weighted by Crippen LogP contribution is -2.17. The van der Waals surface area contributed by atoms with Gasteiger partial charge in [-0.15, -0.1) is 0 Å². The van der Waals surface area contributed by atoms with E-state index in [0.717, 1.165) is 55.4 Å². The molecule has 0 fully saturated rings. The first-order valence-corrected chi connectivity index (χ1v) is 22.0. The van der Waals surface area contributed by atoms with Gasteiger partial charge in [0.2, 0.25) is 11.6 Å². The first-order valence-electron chi connectivity index (χ1n) is 22.0. The van der Waals surface area contributed by atoms with E-state index in [4.69, 9.17) is 38.8 Å². The minimum Gasteiger partial charge on any atom is -0.461 e. The Hall–Kier alpha value is -8.92. The van der Waals surface area contributed by atoms with Gasteiger partial charge in [-0.05, 0) is 72.5 Å². The largest absolute Gasteiger partial charge is 0.461 e. The number of rotatable bonds is 14. The van der Waals surface area contributed by atoms with Crippen LogP contribution in [-0.4, -0.2) is 65.9 Å². The predicted molar refractivity (Wildman–Crippen MR) is 257 cm³/mol. The maximum absolute atomic E-state index is 12.1. The molecule has 1 unspecified atom stereocenters. The number of pyridine rings is 2. The maximum atomic E-state index is 12.1. The zero-order valence-corrected chi connectivity index (χ0v) is 37.1. The van der Waals surface area contributed by atoms with Crippen LogP contribution < -0.4 is 10.6 Å². The van der Waals surface area contributed by atoms with E-state index in [0.29, 0.717) is 36.4 Å². The van der Waals surface area contributed by atoms with E-state index < -0.39 is 18.0 Å². The number of hydrogen-bond acceptors (Lipinski definition) is 16. The Morgan fingerprint density at radius 3 is 1.75 bits per heavy atom. The van der Waals surface area contributed by atoms with Crippen LogP contribution in [0.5, 0.6) is 0 Å². The normalized spacial score (nSPS) is 12.9. The van der Waals surface area contributed by atoms with Crippen LogP contribution in [-0.2, 0) is 32.2 Å². The molecule has 10 rings (SSSR count). The molecule has 0 saturated carbocycles. The average molecular weight is 905 g/mol. The summed E-state index contributed by atoms with van der Waals surface area (Å²) in [6.07, 6.45) is 3.19. The summed E-state index contributed by atoms with van der Waals surface area (Å²) in [5.41, 5.74) is 7.69. The molecular weight excluding hydrogens is 861 g/mol. The van der Waals surface area contributed by atoms with Crippen LogP contribution in [0, 0.1) is 0 Å². The number of nitrogens with one attached hydrogen (secondary N) is 2. The topological polar surface area (TPSA) is 202 Å². The second kappa shape index (κ2) is 20.9. The highest BCUT2D eigenvalue weighted by atomic mass is 16.6. The molecule has 0 bridgehead atoms. The van der Waals surface area contributed by atoms with Crippen LogP contribution in [0.2, 0.25) is 0 Å². The van der Waals surface area contributed by atoms with Crippen molar-refractivity contribution in [1.82, 2.24) is 35.1 Å². The van der Waals surface area contributed by atoms with E-state index in [1.807, 2.05) is 115 Å². The number of ether oxygens (including phenoxy) is 2. The summed E-state index contributed by atoms with van der Waals surface area (Å²) in [6.45, 7) is 4.97. The fourth-order valence-corrected chi connectivity index (χ4v) is 7.50. The number of carbonyl (C=O) groups is 2. The number of oxime groups is 1. The quantitative estimate of drug-likeness (QED) is 0.0976. The highest BCUT2D eigenvalue weighted by Crippen LogP contribution is 2.36. The van der Waals surface area contributed by atoms with Crippen LogP contribution in [0.15, 0.2) is 162 Å². The molecule has 1 aliphatic heterocycles. The Kier molecular flexibility index (Phi) is 13.6. The predicted octanol–water partition coefficient (Wildman–Crippen LogP) is 9.82. The highest BCUT2D eigenvalue weighted by Gasteiger charge is 2.31. The molecule has 1 atom stereocenters. The van der Waals surface area contributed by atoms with Gasteiger partial charge in [0.15, 0.2) is 23.3 Å². The van der Waals surface area contributed by atoms with Gasteiger partial charge in [0.05, 0.1) is 59.5 Å². The summed E-state index contributed by atoms with van der Waals surface area (Å²) < 4.78 is 15.4. The molecule has 0 amide bonds. The molecule has 16 heteroatoms. The SMILES string of the molecule is CCOC(=O)C1=NOC(c2nc(NCc3ccccn3)c3c(-c4ccccc4)cccc3n2)C1.CCOC(=O)c1cc(-c2nc(NCc3ccccn3)c3c(-c4ccccc4)cccc3n2)on1. The van der Waals surface area contributed by atoms with Gasteiger partial charge in [-0.2, -0.15) is 0 Å². The molecule has 1 aliphatic rings. The van der Waals surface area contributed by atoms with Gasteiger partial charge < -0.3 is 29.5 Å². The van der Waals surface area contributed by atoms with Crippen LogP contribution in [0.1, 0.15) is 54.1 Å². The van der Waals surface area contributed by atoms with Crippen molar-refractivity contribution in [3.8, 4) is 33.8 Å². The smallest absolute Gasteiger partial charge is 0.360 e. The van der Waals surface area contributed by atoms with Gasteiger partial charge in [0.1, 0.15) is 11.6 Å². The fourth-order valence-electron chi connectivity index (χ4n) is 7.50. The molecule has 9 aromatic rings. The maximum Gasteiger partial charge on any atom is 0.360 e. The van der Waals surface area contributed by atoms with Gasteiger partial charge >= 0.3 is 11.9 Å². The van der Waals surface area contributed by atoms with Crippen LogP contribution in [0.4, 0.5) is 11.6 Å². The zero-order chi connectivity index (χ0) is 46.7. The Bertz CT molecular complexity index is 3210. The number of hydrogen-bond donors (Lipinski definition) is 2. The van der Waals surface area contributed by atoms with Crippen molar-refractivity contribution in [2.24, 2.45) is 5.16 Å². The summed E-state index contributed by atoms with van der Waals surface area (Å²) in [6, 6.07) is 45.1. The van der Waals surface area contributed by atoms with Gasteiger partial charge in [-0.25, -0.2) is 29.5 Å². The summed E-state index contributed by atoms with van der Waals surface area (Å²) >= 11 is 0. The molecule has 0 radical (unpaired) electrons. The summed E-state index contributed by atoms with van der Waals surface area (Å²) in [5, 5.41) is 16.3. The lowest BCUT2D eigenvalue weighted by molar-refractivity contribution is -0.135. The Balaban J connectivity index is 0.000000170. The van der Waals surface area contributed by atoms with Gasteiger partial charge in [0, 0.05) is 24.9 Å². The lowest BCUT2D eigenvalue weighted by atomic mass is 10.0. The molecule has 4 aromatic carbocycles. The third-order valence-electron chi connectivity index (χ3n) is 10.6. The molecule has 338 valence electrons. The van der Waals surface area contributed by atoms with Crippen molar-refractivity contribution in [2.45, 2.75) is 39.5 Å². The van der Waals surface area contributed by atoms with E-state index in [9.17, 15) is 9.59 Å². The average Bonchev–Trinajstić information content (AvgIpc) is 4.11. The number of nitrogens with zero attached hydrogens (tertiary/aromatic N) is 8. The van der Waals surface area contributed by atoms with E-state index in [2.05, 4.69) is 49.1 Å². The van der Waals surface area contributed by atoms with Gasteiger partial charge in [-0.1, -0.05) is 107 Å². The zero-order valence-electron chi connectivity index (χ0n) is 37.1. The molecule has 6 heterocycles. The number of benzene rings is 4. The number of carbonyl (C=O) groups excluding carboxylic acids is 2. The number of fused-ring (bicyclic) bond motifs is 2. The van der Waals surface area contributed by atoms with Gasteiger partial charge in [-0.3, -0.25) is 9.97 Å². The Labute approximate surface area is 390 Å². The number of aromatic nitrogens is 7. The van der Waals surface area contributed by atoms with Crippen molar-refractivity contribution in [3.05, 3.63) is 175 Å². The summed E-state index contributed by atoms with van der Waals surface area (Å²) in [7, 11) is 0. The third-order valence-corrected chi connectivity index (χ3v) is 10.6. The van der Waals surface area contributed by atoms with Crippen LogP contribution >= 0.6 is 0 Å². The van der Waals surface area contributed by atoms with Crippen molar-refractivity contribution in [2.75, 3.05) is 23.8 Å². The van der Waals surface area contributed by atoms with E-state index >= 15 is 0 Å². The third kappa shape index (κ3) is 10.1. The first kappa shape index (κ1) is 44.3. The fraction of sp³-hybridized carbons (Fsp3) is 0.154. The first-order chi connectivity index (χ1) is 33.4. The highest BCUT2D eigenvalue weighted by molar-refractivity contribution is 6.36. The Morgan fingerprint density at radius 1 is 0.618 bits per heavy atom. The molecular formula is C52H44N10O6. The Morgan fingerprint density at radius 2 is 1.18 bits per heavy atom. The van der Waals surface area contributed by atoms with Crippen molar-refractivity contribution < 1.29 is 28.4 Å². The number of anilines is 2. The van der Waals surface area contributed by atoms with Crippen LogP contribution in [0.3, 0.4) is 0 Å².